The Kier molecular flexibility index (Phi) is 14.0. The number of hydrogen-bond donors (Lipinski definition) is 8. The number of rotatable bonds is 16. The van der Waals surface area contributed by atoms with Gasteiger partial charge in [0, 0.05) is 19.5 Å². The second-order valence-corrected chi connectivity index (χ2v) is 13.0. The highest BCUT2D eigenvalue weighted by molar-refractivity contribution is 5.92. The summed E-state index contributed by atoms with van der Waals surface area (Å²) in [5, 5.41) is 49.1. The molecular formula is C31H49N9O8. The third-order valence-corrected chi connectivity index (χ3v) is 8.88. The average molecular weight is 676 g/mol. The molecule has 9 N–H and O–H groups in total. The van der Waals surface area contributed by atoms with Gasteiger partial charge < -0.3 is 47.2 Å². The lowest BCUT2D eigenvalue weighted by Gasteiger charge is -2.32. The first-order valence-electron chi connectivity index (χ1n) is 16.4. The molecule has 0 spiro atoms. The summed E-state index contributed by atoms with van der Waals surface area (Å²) in [6.07, 6.45) is 9.42. The van der Waals surface area contributed by atoms with Gasteiger partial charge >= 0.3 is 12.1 Å². The van der Waals surface area contributed by atoms with Crippen molar-refractivity contribution in [2.45, 2.75) is 114 Å². The van der Waals surface area contributed by atoms with Crippen molar-refractivity contribution < 1.29 is 39.3 Å². The van der Waals surface area contributed by atoms with Crippen molar-refractivity contribution in [1.82, 2.24) is 41.2 Å². The van der Waals surface area contributed by atoms with E-state index in [9.17, 15) is 39.3 Å². The lowest BCUT2D eigenvalue weighted by Crippen LogP contribution is -2.57. The zero-order valence-corrected chi connectivity index (χ0v) is 27.6. The number of aliphatic hydroxyl groups excluding tert-OH is 1. The number of nitrogens with zero attached hydrogens (tertiary/aromatic N) is 4. The van der Waals surface area contributed by atoms with E-state index in [1.807, 2.05) is 0 Å². The number of carbonyl (C=O) groups is 5. The van der Waals surface area contributed by atoms with Crippen LogP contribution in [0.15, 0.2) is 6.20 Å². The Morgan fingerprint density at radius 3 is 2.46 bits per heavy atom. The topological polar surface area (TPSA) is 254 Å². The van der Waals surface area contributed by atoms with E-state index in [0.717, 1.165) is 32.1 Å². The number of carbonyl (C=O) groups excluding carboxylic acids is 4. The Hall–Kier alpha value is -4.43. The number of terminal acetylenes is 1. The number of hydrogen-bond acceptors (Lipinski definition) is 9. The van der Waals surface area contributed by atoms with Crippen molar-refractivity contribution >= 4 is 29.8 Å². The predicted octanol–water partition coefficient (Wildman–Crippen LogP) is -0.312. The molecule has 2 fully saturated rings. The van der Waals surface area contributed by atoms with E-state index in [-0.39, 0.29) is 44.8 Å². The Bertz CT molecular complexity index is 1320. The van der Waals surface area contributed by atoms with Crippen molar-refractivity contribution in [2.24, 2.45) is 11.7 Å². The van der Waals surface area contributed by atoms with E-state index in [2.05, 4.69) is 37.5 Å². The summed E-state index contributed by atoms with van der Waals surface area (Å²) in [6, 6.07) is -4.43. The highest BCUT2D eigenvalue weighted by Gasteiger charge is 2.45. The van der Waals surface area contributed by atoms with Gasteiger partial charge in [0.15, 0.2) is 6.10 Å². The molecule has 48 heavy (non-hydrogen) atoms. The van der Waals surface area contributed by atoms with Crippen molar-refractivity contribution in [1.29, 1.82) is 0 Å². The SMILES string of the molecule is C#CCNC(=O)NCCCCC(NC(=O)[C@@H]1C[C@H](n2nncc2C(C)(C)O)CN1C(=O)C(CC1CCCCC1)NC(=O)O)C(O)C(N)=O. The van der Waals surface area contributed by atoms with Crippen LogP contribution in [0.4, 0.5) is 9.59 Å². The molecule has 3 rings (SSSR count). The lowest BCUT2D eigenvalue weighted by molar-refractivity contribution is -0.141. The van der Waals surface area contributed by atoms with Crippen LogP contribution in [0.3, 0.4) is 0 Å². The van der Waals surface area contributed by atoms with Crippen LogP contribution in [0.25, 0.3) is 0 Å². The number of amides is 6. The Labute approximate surface area is 279 Å². The molecule has 5 atom stereocenters. The van der Waals surface area contributed by atoms with Crippen LogP contribution >= 0.6 is 0 Å². The number of nitrogens with one attached hydrogen (secondary N) is 4. The van der Waals surface area contributed by atoms with Gasteiger partial charge in [-0.05, 0) is 45.4 Å². The molecular weight excluding hydrogens is 626 g/mol. The van der Waals surface area contributed by atoms with Crippen molar-refractivity contribution in [3.63, 3.8) is 0 Å². The second kappa shape index (κ2) is 17.6. The number of unbranched alkanes of at least 4 members (excludes halogenated alkanes) is 1. The molecule has 1 aliphatic carbocycles. The van der Waals surface area contributed by atoms with Gasteiger partial charge in [0.05, 0.1) is 30.5 Å². The molecule has 1 aromatic heterocycles. The quantitative estimate of drug-likeness (QED) is 0.0838. The summed E-state index contributed by atoms with van der Waals surface area (Å²) in [7, 11) is 0. The molecule has 6 amide bonds. The summed E-state index contributed by atoms with van der Waals surface area (Å²) in [5.41, 5.74) is 4.39. The van der Waals surface area contributed by atoms with E-state index in [1.165, 1.54) is 15.8 Å². The minimum atomic E-state index is -1.74. The first-order chi connectivity index (χ1) is 22.7. The van der Waals surface area contributed by atoms with Gasteiger partial charge in [0.2, 0.25) is 17.7 Å². The Balaban J connectivity index is 1.82. The van der Waals surface area contributed by atoms with E-state index < -0.39 is 65.7 Å². The van der Waals surface area contributed by atoms with Gasteiger partial charge in [-0.2, -0.15) is 0 Å². The standard InChI is InChI=1S/C31H49N9O8/c1-4-13-33-29(45)34-14-9-8-12-21(25(41)26(32)42)36-27(43)23-16-20(40-24(17-35-38-40)31(2,3)48)18-39(23)28(44)22(37-30(46)47)15-19-10-6-5-7-11-19/h1,17,19-23,25,37,41,48H,5-16,18H2,2-3H3,(H2,32,42)(H,36,43)(H,46,47)(H2,33,34,45)/t20-,21?,22?,23-,25?/m0/s1. The van der Waals surface area contributed by atoms with Crippen LogP contribution in [0.2, 0.25) is 0 Å². The molecule has 2 aliphatic rings. The van der Waals surface area contributed by atoms with Gasteiger partial charge in [0.1, 0.15) is 17.7 Å². The number of likely N-dealkylation sites (tertiary alicyclic amines) is 1. The normalized spacial score (nSPS) is 20.2. The third-order valence-electron chi connectivity index (χ3n) is 8.88. The summed E-state index contributed by atoms with van der Waals surface area (Å²) in [4.78, 5) is 64.8. The van der Waals surface area contributed by atoms with Gasteiger partial charge in [0.25, 0.3) is 0 Å². The monoisotopic (exact) mass is 675 g/mol. The first kappa shape index (κ1) is 38.0. The van der Waals surface area contributed by atoms with Crippen molar-refractivity contribution in [2.75, 3.05) is 19.6 Å². The smallest absolute Gasteiger partial charge is 0.405 e. The van der Waals surface area contributed by atoms with Crippen molar-refractivity contribution in [3.8, 4) is 12.3 Å². The van der Waals surface area contributed by atoms with Gasteiger partial charge in [-0.1, -0.05) is 43.2 Å². The molecule has 17 heteroatoms. The third kappa shape index (κ3) is 10.8. The molecule has 2 heterocycles. The second-order valence-electron chi connectivity index (χ2n) is 13.0. The van der Waals surface area contributed by atoms with Gasteiger partial charge in [-0.3, -0.25) is 14.4 Å². The Morgan fingerprint density at radius 2 is 1.83 bits per heavy atom. The molecule has 17 nitrogen and oxygen atoms in total. The molecule has 1 saturated heterocycles. The maximum absolute atomic E-state index is 14.1. The summed E-state index contributed by atoms with van der Waals surface area (Å²) in [5.74, 6) is 0.0966. The molecule has 266 valence electrons. The molecule has 1 saturated carbocycles. The van der Waals surface area contributed by atoms with Crippen LogP contribution in [-0.4, -0.2) is 109 Å². The molecule has 3 unspecified atom stereocenters. The van der Waals surface area contributed by atoms with E-state index in [0.29, 0.717) is 18.5 Å². The predicted molar refractivity (Wildman–Crippen MR) is 172 cm³/mol. The minimum absolute atomic E-state index is 0.0311. The largest absolute Gasteiger partial charge is 0.465 e. The van der Waals surface area contributed by atoms with E-state index >= 15 is 0 Å². The van der Waals surface area contributed by atoms with Crippen molar-refractivity contribution in [3.05, 3.63) is 11.9 Å². The summed E-state index contributed by atoms with van der Waals surface area (Å²) in [6.45, 7) is 3.39. The van der Waals surface area contributed by atoms with E-state index in [1.54, 1.807) is 13.8 Å². The zero-order valence-electron chi connectivity index (χ0n) is 27.6. The van der Waals surface area contributed by atoms with Crippen LogP contribution in [0, 0.1) is 18.3 Å². The number of aromatic nitrogens is 3. The maximum atomic E-state index is 14.1. The zero-order chi connectivity index (χ0) is 35.4. The number of nitrogens with two attached hydrogens (primary N) is 1. The van der Waals surface area contributed by atoms with E-state index in [4.69, 9.17) is 12.2 Å². The maximum Gasteiger partial charge on any atom is 0.405 e. The highest BCUT2D eigenvalue weighted by atomic mass is 16.4. The lowest BCUT2D eigenvalue weighted by atomic mass is 9.84. The number of primary amides is 1. The summed E-state index contributed by atoms with van der Waals surface area (Å²) >= 11 is 0. The molecule has 1 aromatic rings. The fourth-order valence-electron chi connectivity index (χ4n) is 6.43. The average Bonchev–Trinajstić information content (AvgIpc) is 3.70. The summed E-state index contributed by atoms with van der Waals surface area (Å²) < 4.78 is 1.46. The molecule has 1 aliphatic heterocycles. The molecule has 0 aromatic carbocycles. The number of aliphatic hydroxyl groups is 2. The fraction of sp³-hybridized carbons (Fsp3) is 0.710. The molecule has 0 radical (unpaired) electrons. The Morgan fingerprint density at radius 1 is 1.12 bits per heavy atom. The highest BCUT2D eigenvalue weighted by Crippen LogP contribution is 2.33. The van der Waals surface area contributed by atoms with Crippen LogP contribution in [0.1, 0.15) is 89.8 Å². The van der Waals surface area contributed by atoms with Gasteiger partial charge in [-0.25, -0.2) is 14.3 Å². The van der Waals surface area contributed by atoms with Crippen LogP contribution in [0.5, 0.6) is 0 Å². The van der Waals surface area contributed by atoms with Gasteiger partial charge in [-0.15, -0.1) is 11.5 Å². The fourth-order valence-corrected chi connectivity index (χ4v) is 6.43. The minimum Gasteiger partial charge on any atom is -0.465 e. The van der Waals surface area contributed by atoms with Crippen LogP contribution in [-0.2, 0) is 20.0 Å². The molecule has 0 bridgehead atoms. The number of carboxylic acid groups (broad SMARTS) is 1. The number of urea groups is 1. The first-order valence-corrected chi connectivity index (χ1v) is 16.4. The van der Waals surface area contributed by atoms with Crippen LogP contribution < -0.4 is 27.0 Å².